The second-order valence-electron chi connectivity index (χ2n) is 8.26. The van der Waals surface area contributed by atoms with Crippen molar-refractivity contribution >= 4 is 33.2 Å². The highest BCUT2D eigenvalue weighted by molar-refractivity contribution is 7.92. The molecular formula is C24H32N4O6S. The molecule has 2 aromatic carbocycles. The highest BCUT2D eigenvalue weighted by atomic mass is 32.2. The van der Waals surface area contributed by atoms with Gasteiger partial charge in [-0.3, -0.25) is 24.0 Å². The van der Waals surface area contributed by atoms with Crippen molar-refractivity contribution in [2.45, 2.75) is 46.7 Å². The van der Waals surface area contributed by atoms with Crippen LogP contribution in [-0.4, -0.2) is 55.4 Å². The van der Waals surface area contributed by atoms with E-state index in [2.05, 4.69) is 5.32 Å². The van der Waals surface area contributed by atoms with Gasteiger partial charge < -0.3 is 10.2 Å². The van der Waals surface area contributed by atoms with E-state index in [0.29, 0.717) is 18.5 Å². The highest BCUT2D eigenvalue weighted by Crippen LogP contribution is 2.28. The first-order valence-electron chi connectivity index (χ1n) is 11.2. The van der Waals surface area contributed by atoms with Crippen LogP contribution in [0.4, 0.5) is 11.4 Å². The van der Waals surface area contributed by atoms with Crippen molar-refractivity contribution in [1.29, 1.82) is 0 Å². The van der Waals surface area contributed by atoms with E-state index in [1.165, 1.54) is 17.0 Å². The van der Waals surface area contributed by atoms with Crippen LogP contribution in [0.2, 0.25) is 0 Å². The molecule has 0 aliphatic rings. The van der Waals surface area contributed by atoms with Gasteiger partial charge in [0.2, 0.25) is 21.8 Å². The Hall–Kier alpha value is -3.47. The second-order valence-corrected chi connectivity index (χ2v) is 10.2. The van der Waals surface area contributed by atoms with Gasteiger partial charge in [-0.1, -0.05) is 37.3 Å². The molecule has 0 radical (unpaired) electrons. The summed E-state index contributed by atoms with van der Waals surface area (Å²) in [6, 6.07) is 10.4. The zero-order valence-electron chi connectivity index (χ0n) is 20.6. The summed E-state index contributed by atoms with van der Waals surface area (Å²) in [6.45, 7) is 6.92. The number of nitrogens with zero attached hydrogens (tertiary/aromatic N) is 3. The maximum Gasteiger partial charge on any atom is 0.271 e. The SMILES string of the molecule is CCNC(=O)C(CC)N(Cc1ccccc1C)C(=O)CN(c1cc([N+](=O)[O-])ccc1C)S(C)(=O)=O. The molecule has 35 heavy (non-hydrogen) atoms. The molecule has 0 aromatic heterocycles. The lowest BCUT2D eigenvalue weighted by atomic mass is 10.1. The van der Waals surface area contributed by atoms with Gasteiger partial charge in [-0.15, -0.1) is 0 Å². The van der Waals surface area contributed by atoms with Crippen LogP contribution in [0.3, 0.4) is 0 Å². The molecular weight excluding hydrogens is 472 g/mol. The molecule has 0 saturated heterocycles. The standard InChI is InChI=1S/C24H32N4O6S/c1-6-21(24(30)25-7-2)26(15-19-11-9-8-10-17(19)3)23(29)16-27(35(5,33)34)22-14-20(28(31)32)13-12-18(22)4/h8-14,21H,6-7,15-16H2,1-5H3,(H,25,30). The number of non-ortho nitro benzene ring substituents is 1. The van der Waals surface area contributed by atoms with Crippen LogP contribution in [0.25, 0.3) is 0 Å². The lowest BCUT2D eigenvalue weighted by Gasteiger charge is -2.33. The monoisotopic (exact) mass is 504 g/mol. The Morgan fingerprint density at radius 1 is 1.09 bits per heavy atom. The van der Waals surface area contributed by atoms with Crippen LogP contribution < -0.4 is 9.62 Å². The molecule has 2 rings (SSSR count). The zero-order chi connectivity index (χ0) is 26.3. The summed E-state index contributed by atoms with van der Waals surface area (Å²) in [4.78, 5) is 38.5. The van der Waals surface area contributed by atoms with Crippen LogP contribution in [0, 0.1) is 24.0 Å². The molecule has 1 unspecified atom stereocenters. The Labute approximate surface area is 206 Å². The summed E-state index contributed by atoms with van der Waals surface area (Å²) >= 11 is 0. The van der Waals surface area contributed by atoms with E-state index in [4.69, 9.17) is 0 Å². The van der Waals surface area contributed by atoms with Crippen LogP contribution in [0.5, 0.6) is 0 Å². The first-order valence-corrected chi connectivity index (χ1v) is 13.1. The third-order valence-electron chi connectivity index (χ3n) is 5.69. The number of hydrogen-bond donors (Lipinski definition) is 1. The number of hydrogen-bond acceptors (Lipinski definition) is 6. The smallest absolute Gasteiger partial charge is 0.271 e. The van der Waals surface area contributed by atoms with Crippen LogP contribution >= 0.6 is 0 Å². The summed E-state index contributed by atoms with van der Waals surface area (Å²) in [5.41, 5.74) is 1.94. The van der Waals surface area contributed by atoms with Crippen LogP contribution in [-0.2, 0) is 26.2 Å². The number of carbonyl (C=O) groups is 2. The van der Waals surface area contributed by atoms with Gasteiger partial charge in [-0.2, -0.15) is 0 Å². The third kappa shape index (κ3) is 7.01. The van der Waals surface area contributed by atoms with E-state index >= 15 is 0 Å². The average molecular weight is 505 g/mol. The Morgan fingerprint density at radius 3 is 2.29 bits per heavy atom. The molecule has 0 aliphatic heterocycles. The van der Waals surface area contributed by atoms with Crippen molar-refractivity contribution in [2.75, 3.05) is 23.7 Å². The average Bonchev–Trinajstić information content (AvgIpc) is 2.78. The minimum atomic E-state index is -3.99. The fourth-order valence-electron chi connectivity index (χ4n) is 3.76. The lowest BCUT2D eigenvalue weighted by molar-refractivity contribution is -0.384. The fourth-order valence-corrected chi connectivity index (χ4v) is 4.66. The van der Waals surface area contributed by atoms with Crippen molar-refractivity contribution in [1.82, 2.24) is 10.2 Å². The molecule has 0 heterocycles. The topological polar surface area (TPSA) is 130 Å². The van der Waals surface area contributed by atoms with Gasteiger partial charge in [-0.05, 0) is 43.9 Å². The number of nitro groups is 1. The zero-order valence-corrected chi connectivity index (χ0v) is 21.5. The Kier molecular flexibility index (Phi) is 9.35. The van der Waals surface area contributed by atoms with Gasteiger partial charge in [-0.25, -0.2) is 8.42 Å². The van der Waals surface area contributed by atoms with Crippen LogP contribution in [0.1, 0.15) is 37.0 Å². The number of rotatable bonds is 11. The van der Waals surface area contributed by atoms with Gasteiger partial charge in [0, 0.05) is 25.2 Å². The van der Waals surface area contributed by atoms with E-state index in [1.807, 2.05) is 31.2 Å². The van der Waals surface area contributed by atoms with Gasteiger partial charge in [0.25, 0.3) is 5.69 Å². The molecule has 10 nitrogen and oxygen atoms in total. The van der Waals surface area contributed by atoms with Gasteiger partial charge in [0.15, 0.2) is 0 Å². The van der Waals surface area contributed by atoms with E-state index in [9.17, 15) is 28.1 Å². The third-order valence-corrected chi connectivity index (χ3v) is 6.82. The second kappa shape index (κ2) is 11.8. The number of nitrogens with one attached hydrogen (secondary N) is 1. The summed E-state index contributed by atoms with van der Waals surface area (Å²) in [6.07, 6.45) is 1.25. The van der Waals surface area contributed by atoms with Gasteiger partial charge >= 0.3 is 0 Å². The Bertz CT molecular complexity index is 1200. The van der Waals surface area contributed by atoms with Crippen molar-refractivity contribution in [3.05, 3.63) is 69.3 Å². The molecule has 0 spiro atoms. The molecule has 1 N–H and O–H groups in total. The molecule has 0 fully saturated rings. The van der Waals surface area contributed by atoms with E-state index in [0.717, 1.165) is 27.8 Å². The van der Waals surface area contributed by atoms with Crippen molar-refractivity contribution < 1.29 is 22.9 Å². The molecule has 2 aromatic rings. The predicted molar refractivity (Wildman–Crippen MR) is 135 cm³/mol. The number of carbonyl (C=O) groups excluding carboxylic acids is 2. The predicted octanol–water partition coefficient (Wildman–Crippen LogP) is 2.92. The summed E-state index contributed by atoms with van der Waals surface area (Å²) < 4.78 is 26.3. The summed E-state index contributed by atoms with van der Waals surface area (Å²) in [5, 5.41) is 14.0. The first kappa shape index (κ1) is 27.8. The Balaban J connectivity index is 2.54. The van der Waals surface area contributed by atoms with Gasteiger partial charge in [0.1, 0.15) is 12.6 Å². The van der Waals surface area contributed by atoms with E-state index in [1.54, 1.807) is 20.8 Å². The molecule has 0 saturated carbocycles. The lowest BCUT2D eigenvalue weighted by Crippen LogP contribution is -2.52. The van der Waals surface area contributed by atoms with Crippen molar-refractivity contribution in [3.63, 3.8) is 0 Å². The molecule has 1 atom stereocenters. The molecule has 190 valence electrons. The highest BCUT2D eigenvalue weighted by Gasteiger charge is 2.32. The van der Waals surface area contributed by atoms with Gasteiger partial charge in [0.05, 0.1) is 16.9 Å². The quantitative estimate of drug-likeness (QED) is 0.370. The minimum Gasteiger partial charge on any atom is -0.355 e. The largest absolute Gasteiger partial charge is 0.355 e. The number of sulfonamides is 1. The summed E-state index contributed by atoms with van der Waals surface area (Å²) in [5.74, 6) is -0.933. The Morgan fingerprint density at radius 2 is 1.74 bits per heavy atom. The molecule has 0 aliphatic carbocycles. The van der Waals surface area contributed by atoms with Crippen molar-refractivity contribution in [2.24, 2.45) is 0 Å². The van der Waals surface area contributed by atoms with E-state index < -0.39 is 33.4 Å². The van der Waals surface area contributed by atoms with Crippen molar-refractivity contribution in [3.8, 4) is 0 Å². The number of aryl methyl sites for hydroxylation is 2. The van der Waals surface area contributed by atoms with E-state index in [-0.39, 0.29) is 23.8 Å². The minimum absolute atomic E-state index is 0.0388. The number of nitro benzene ring substituents is 1. The molecule has 11 heteroatoms. The maximum absolute atomic E-state index is 13.6. The first-order chi connectivity index (χ1) is 16.4. The number of likely N-dealkylation sites (N-methyl/N-ethyl adjacent to an activating group) is 1. The molecule has 0 bridgehead atoms. The summed E-state index contributed by atoms with van der Waals surface area (Å²) in [7, 11) is -3.99. The number of anilines is 1. The number of benzene rings is 2. The normalized spacial score (nSPS) is 12.0. The number of amides is 2. The molecule has 2 amide bonds. The van der Waals surface area contributed by atoms with Crippen LogP contribution in [0.15, 0.2) is 42.5 Å². The maximum atomic E-state index is 13.6. The fraction of sp³-hybridized carbons (Fsp3) is 0.417.